The Bertz CT molecular complexity index is 492. The van der Waals surface area contributed by atoms with Gasteiger partial charge in [-0.05, 0) is 11.5 Å². The van der Waals surface area contributed by atoms with Gasteiger partial charge in [0.1, 0.15) is 5.75 Å². The van der Waals surface area contributed by atoms with E-state index in [-0.39, 0.29) is 5.75 Å². The molecule has 3 heteroatoms. The molecule has 2 rings (SSSR count). The van der Waals surface area contributed by atoms with Crippen molar-refractivity contribution < 1.29 is 10.3 Å². The molecule has 2 aromatic rings. The summed E-state index contributed by atoms with van der Waals surface area (Å²) in [6.07, 6.45) is 1.35. The molecule has 0 aromatic heterocycles. The summed E-state index contributed by atoms with van der Waals surface area (Å²) in [4.78, 5) is 0. The molecule has 2 aromatic carbocycles. The van der Waals surface area contributed by atoms with Crippen molar-refractivity contribution in [3.05, 3.63) is 42.0 Å². The summed E-state index contributed by atoms with van der Waals surface area (Å²) in [7, 11) is 0. The van der Waals surface area contributed by atoms with Crippen LogP contribution in [0, 0.1) is 0 Å². The molecule has 70 valence electrons. The van der Waals surface area contributed by atoms with Gasteiger partial charge in [0.15, 0.2) is 0 Å². The number of phenols is 1. The van der Waals surface area contributed by atoms with Crippen molar-refractivity contribution in [2.75, 3.05) is 0 Å². The number of hydrogen-bond donors (Lipinski definition) is 2. The van der Waals surface area contributed by atoms with Crippen LogP contribution in [0.2, 0.25) is 0 Å². The summed E-state index contributed by atoms with van der Waals surface area (Å²) in [6.45, 7) is 0. The highest BCUT2D eigenvalue weighted by Crippen LogP contribution is 2.25. The molecule has 0 saturated carbocycles. The number of hydrogen-bond acceptors (Lipinski definition) is 3. The fourth-order valence-electron chi connectivity index (χ4n) is 1.49. The van der Waals surface area contributed by atoms with Crippen LogP contribution in [0.4, 0.5) is 0 Å². The molecule has 0 atom stereocenters. The highest BCUT2D eigenvalue weighted by atomic mass is 16.4. The standard InChI is InChI=1S/C11H9NO2/c13-11-6-2-4-9-8(7-12-14)3-1-5-10(9)11/h1-7,13-14H/b12-7+. The molecular weight excluding hydrogens is 178 g/mol. The van der Waals surface area contributed by atoms with Gasteiger partial charge in [0.2, 0.25) is 0 Å². The summed E-state index contributed by atoms with van der Waals surface area (Å²) in [5.41, 5.74) is 0.779. The molecule has 0 saturated heterocycles. The van der Waals surface area contributed by atoms with Gasteiger partial charge in [-0.3, -0.25) is 0 Å². The lowest BCUT2D eigenvalue weighted by molar-refractivity contribution is 0.322. The molecule has 0 radical (unpaired) electrons. The highest BCUT2D eigenvalue weighted by molar-refractivity contribution is 6.01. The molecule has 0 aliphatic rings. The SMILES string of the molecule is O/N=C/c1cccc2c(O)cccc12. The molecule has 0 aliphatic heterocycles. The predicted octanol–water partition coefficient (Wildman–Crippen LogP) is 2.35. The van der Waals surface area contributed by atoms with Gasteiger partial charge in [-0.15, -0.1) is 0 Å². The van der Waals surface area contributed by atoms with Crippen LogP contribution in [-0.2, 0) is 0 Å². The topological polar surface area (TPSA) is 52.8 Å². The largest absolute Gasteiger partial charge is 0.507 e. The monoisotopic (exact) mass is 187 g/mol. The lowest BCUT2D eigenvalue weighted by atomic mass is 10.0. The van der Waals surface area contributed by atoms with Crippen LogP contribution in [0.1, 0.15) is 5.56 Å². The van der Waals surface area contributed by atoms with E-state index < -0.39 is 0 Å². The van der Waals surface area contributed by atoms with Gasteiger partial charge in [0.25, 0.3) is 0 Å². The molecule has 0 spiro atoms. The molecule has 14 heavy (non-hydrogen) atoms. The van der Waals surface area contributed by atoms with Gasteiger partial charge in [-0.1, -0.05) is 35.5 Å². The smallest absolute Gasteiger partial charge is 0.123 e. The summed E-state index contributed by atoms with van der Waals surface area (Å²) in [6, 6.07) is 10.7. The number of fused-ring (bicyclic) bond motifs is 1. The third kappa shape index (κ3) is 1.29. The van der Waals surface area contributed by atoms with E-state index in [1.165, 1.54) is 6.21 Å². The van der Waals surface area contributed by atoms with Crippen molar-refractivity contribution in [3.8, 4) is 5.75 Å². The Kier molecular flexibility index (Phi) is 2.07. The Morgan fingerprint density at radius 1 is 1.00 bits per heavy atom. The Hall–Kier alpha value is -2.03. The number of oxime groups is 1. The van der Waals surface area contributed by atoms with E-state index in [4.69, 9.17) is 5.21 Å². The summed E-state index contributed by atoms with van der Waals surface area (Å²) in [5, 5.41) is 22.6. The Morgan fingerprint density at radius 2 is 1.71 bits per heavy atom. The number of phenolic OH excluding ortho intramolecular Hbond substituents is 1. The van der Waals surface area contributed by atoms with Crippen molar-refractivity contribution in [3.63, 3.8) is 0 Å². The normalized spacial score (nSPS) is 11.1. The van der Waals surface area contributed by atoms with Crippen molar-refractivity contribution in [1.29, 1.82) is 0 Å². The maximum atomic E-state index is 9.56. The van der Waals surface area contributed by atoms with E-state index in [1.54, 1.807) is 18.2 Å². The van der Waals surface area contributed by atoms with Crippen LogP contribution in [0.5, 0.6) is 5.75 Å². The number of benzene rings is 2. The van der Waals surface area contributed by atoms with Crippen molar-refractivity contribution in [1.82, 2.24) is 0 Å². The fourth-order valence-corrected chi connectivity index (χ4v) is 1.49. The Morgan fingerprint density at radius 3 is 2.50 bits per heavy atom. The van der Waals surface area contributed by atoms with E-state index in [2.05, 4.69) is 5.16 Å². The van der Waals surface area contributed by atoms with Crippen LogP contribution in [0.25, 0.3) is 10.8 Å². The molecular formula is C11H9NO2. The molecule has 2 N–H and O–H groups in total. The second-order valence-corrected chi connectivity index (χ2v) is 2.96. The maximum absolute atomic E-state index is 9.56. The maximum Gasteiger partial charge on any atom is 0.123 e. The van der Waals surface area contributed by atoms with E-state index >= 15 is 0 Å². The summed E-state index contributed by atoms with van der Waals surface area (Å²) in [5.74, 6) is 0.232. The van der Waals surface area contributed by atoms with Gasteiger partial charge in [0, 0.05) is 10.9 Å². The zero-order valence-corrected chi connectivity index (χ0v) is 7.38. The molecule has 0 bridgehead atoms. The van der Waals surface area contributed by atoms with Crippen molar-refractivity contribution >= 4 is 17.0 Å². The second-order valence-electron chi connectivity index (χ2n) is 2.96. The van der Waals surface area contributed by atoms with Crippen LogP contribution in [0.3, 0.4) is 0 Å². The molecule has 0 amide bonds. The minimum Gasteiger partial charge on any atom is -0.507 e. The zero-order chi connectivity index (χ0) is 9.97. The van der Waals surface area contributed by atoms with Gasteiger partial charge < -0.3 is 10.3 Å². The summed E-state index contributed by atoms with van der Waals surface area (Å²) >= 11 is 0. The summed E-state index contributed by atoms with van der Waals surface area (Å²) < 4.78 is 0. The van der Waals surface area contributed by atoms with Crippen LogP contribution in [-0.4, -0.2) is 16.5 Å². The minimum absolute atomic E-state index is 0.232. The molecule has 0 fully saturated rings. The first kappa shape index (κ1) is 8.56. The van der Waals surface area contributed by atoms with E-state index in [0.717, 1.165) is 16.3 Å². The zero-order valence-electron chi connectivity index (χ0n) is 7.38. The average molecular weight is 187 g/mol. The van der Waals surface area contributed by atoms with Gasteiger partial charge in [0.05, 0.1) is 6.21 Å². The Balaban J connectivity index is 2.81. The molecule has 0 aliphatic carbocycles. The van der Waals surface area contributed by atoms with E-state index in [0.29, 0.717) is 0 Å². The van der Waals surface area contributed by atoms with Gasteiger partial charge in [-0.2, -0.15) is 0 Å². The first-order valence-corrected chi connectivity index (χ1v) is 4.21. The predicted molar refractivity (Wildman–Crippen MR) is 55.0 cm³/mol. The highest BCUT2D eigenvalue weighted by Gasteiger charge is 2.01. The third-order valence-corrected chi connectivity index (χ3v) is 2.13. The first-order chi connectivity index (χ1) is 6.83. The average Bonchev–Trinajstić information content (AvgIpc) is 2.20. The fraction of sp³-hybridized carbons (Fsp3) is 0. The number of nitrogens with zero attached hydrogens (tertiary/aromatic N) is 1. The molecule has 3 nitrogen and oxygen atoms in total. The lowest BCUT2D eigenvalue weighted by Gasteiger charge is -2.02. The second kappa shape index (κ2) is 3.38. The third-order valence-electron chi connectivity index (χ3n) is 2.13. The van der Waals surface area contributed by atoms with E-state index in [1.807, 2.05) is 18.2 Å². The molecule has 0 heterocycles. The van der Waals surface area contributed by atoms with Crippen LogP contribution in [0.15, 0.2) is 41.6 Å². The van der Waals surface area contributed by atoms with Crippen molar-refractivity contribution in [2.24, 2.45) is 5.16 Å². The number of rotatable bonds is 1. The molecule has 0 unspecified atom stereocenters. The van der Waals surface area contributed by atoms with Gasteiger partial charge in [-0.25, -0.2) is 0 Å². The van der Waals surface area contributed by atoms with E-state index in [9.17, 15) is 5.11 Å². The number of aromatic hydroxyl groups is 1. The van der Waals surface area contributed by atoms with Crippen LogP contribution < -0.4 is 0 Å². The quantitative estimate of drug-likeness (QED) is 0.409. The minimum atomic E-state index is 0.232. The van der Waals surface area contributed by atoms with Crippen LogP contribution >= 0.6 is 0 Å². The Labute approximate surface area is 80.9 Å². The lowest BCUT2D eigenvalue weighted by Crippen LogP contribution is -1.84. The first-order valence-electron chi connectivity index (χ1n) is 4.21. The van der Waals surface area contributed by atoms with Crippen molar-refractivity contribution in [2.45, 2.75) is 0 Å². The van der Waals surface area contributed by atoms with Gasteiger partial charge >= 0.3 is 0 Å².